The summed E-state index contributed by atoms with van der Waals surface area (Å²) >= 11 is 5.18. The minimum Gasteiger partial charge on any atom is -0.376 e. The second kappa shape index (κ2) is 9.62. The number of ether oxygens (including phenoxy) is 2. The molecule has 2 aromatic heterocycles. The van der Waals surface area contributed by atoms with Crippen molar-refractivity contribution in [3.8, 4) is 0 Å². The molecule has 154 valence electrons. The van der Waals surface area contributed by atoms with Crippen LogP contribution in [0, 0.1) is 5.92 Å². The Morgan fingerprint density at radius 2 is 1.93 bits per heavy atom. The van der Waals surface area contributed by atoms with Crippen molar-refractivity contribution in [2.45, 2.75) is 44.5 Å². The normalized spacial score (nSPS) is 20.8. The summed E-state index contributed by atoms with van der Waals surface area (Å²) in [4.78, 5) is 9.27. The lowest BCUT2D eigenvalue weighted by atomic mass is 9.83. The van der Waals surface area contributed by atoms with Gasteiger partial charge in [0.1, 0.15) is 5.69 Å². The topological polar surface area (TPSA) is 64.5 Å². The first kappa shape index (κ1) is 20.9. The van der Waals surface area contributed by atoms with E-state index in [1.54, 1.807) is 11.3 Å². The molecule has 0 bridgehead atoms. The lowest BCUT2D eigenvalue weighted by molar-refractivity contribution is -0.0802. The molecule has 1 atom stereocenters. The van der Waals surface area contributed by atoms with Crippen molar-refractivity contribution in [2.24, 2.45) is 5.92 Å². The Bertz CT molecular complexity index is 942. The molecule has 0 spiro atoms. The molecule has 0 amide bonds. The highest BCUT2D eigenvalue weighted by Crippen LogP contribution is 2.39. The highest BCUT2D eigenvalue weighted by atomic mass is 79.9. The Hall–Kier alpha value is -1.38. The average molecular weight is 477 g/mol. The fourth-order valence-electron chi connectivity index (χ4n) is 3.82. The van der Waals surface area contributed by atoms with Gasteiger partial charge in [-0.3, -0.25) is 0 Å². The van der Waals surface area contributed by atoms with Crippen molar-refractivity contribution < 1.29 is 14.6 Å². The molecule has 4 rings (SSSR count). The standard InChI is InChI=1S/C22H25BrN2O3S/c1-27-22(26)19-17(23)11-18-20(24-19)25-21(29-18)16-9-7-15(8-10-16)13-28-12-14-5-3-2-4-6-14/h2-6,11,15-16,22,26H,7-10,12-13H2,1H3. The second-order valence-electron chi connectivity index (χ2n) is 7.54. The molecular weight excluding hydrogens is 452 g/mol. The summed E-state index contributed by atoms with van der Waals surface area (Å²) in [5.41, 5.74) is 2.39. The summed E-state index contributed by atoms with van der Waals surface area (Å²) < 4.78 is 12.7. The van der Waals surface area contributed by atoms with Gasteiger partial charge in [0.05, 0.1) is 16.3 Å². The first-order valence-corrected chi connectivity index (χ1v) is 11.5. The Balaban J connectivity index is 1.34. The third-order valence-electron chi connectivity index (χ3n) is 5.50. The summed E-state index contributed by atoms with van der Waals surface area (Å²) in [6.45, 7) is 1.52. The zero-order chi connectivity index (χ0) is 20.2. The number of rotatable bonds is 7. The molecule has 1 aliphatic carbocycles. The number of thiazole rings is 1. The maximum atomic E-state index is 9.95. The first-order valence-electron chi connectivity index (χ1n) is 9.93. The zero-order valence-corrected chi connectivity index (χ0v) is 18.8. The lowest BCUT2D eigenvalue weighted by Crippen LogP contribution is -2.17. The van der Waals surface area contributed by atoms with Gasteiger partial charge >= 0.3 is 0 Å². The van der Waals surface area contributed by atoms with Crippen LogP contribution in [0.15, 0.2) is 40.9 Å². The van der Waals surface area contributed by atoms with Gasteiger partial charge in [0.15, 0.2) is 11.9 Å². The van der Waals surface area contributed by atoms with Gasteiger partial charge in [0, 0.05) is 24.1 Å². The van der Waals surface area contributed by atoms with Crippen LogP contribution in [-0.2, 0) is 16.1 Å². The van der Waals surface area contributed by atoms with Crippen molar-refractivity contribution >= 4 is 37.6 Å². The molecule has 1 aromatic carbocycles. The molecular formula is C22H25BrN2O3S. The summed E-state index contributed by atoms with van der Waals surface area (Å²) in [7, 11) is 1.46. The van der Waals surface area contributed by atoms with Crippen molar-refractivity contribution in [3.63, 3.8) is 0 Å². The summed E-state index contributed by atoms with van der Waals surface area (Å²) in [6.07, 6.45) is 3.55. The number of benzene rings is 1. The summed E-state index contributed by atoms with van der Waals surface area (Å²) in [6, 6.07) is 12.3. The number of fused-ring (bicyclic) bond motifs is 1. The third-order valence-corrected chi connectivity index (χ3v) is 7.29. The molecule has 1 unspecified atom stereocenters. The van der Waals surface area contributed by atoms with Gasteiger partial charge in [-0.15, -0.1) is 11.3 Å². The summed E-state index contributed by atoms with van der Waals surface area (Å²) in [5.74, 6) is 1.11. The van der Waals surface area contributed by atoms with Gasteiger partial charge in [-0.25, -0.2) is 9.97 Å². The van der Waals surface area contributed by atoms with E-state index in [2.05, 4.69) is 33.0 Å². The maximum absolute atomic E-state index is 9.95. The minimum atomic E-state index is -1.05. The van der Waals surface area contributed by atoms with E-state index in [1.807, 2.05) is 24.3 Å². The Kier molecular flexibility index (Phi) is 6.92. The highest BCUT2D eigenvalue weighted by molar-refractivity contribution is 9.10. The van der Waals surface area contributed by atoms with Crippen LogP contribution in [0.2, 0.25) is 0 Å². The Labute approximate surface area is 183 Å². The largest absolute Gasteiger partial charge is 0.376 e. The van der Waals surface area contributed by atoms with Crippen LogP contribution in [0.5, 0.6) is 0 Å². The fourth-order valence-corrected chi connectivity index (χ4v) is 5.61. The van der Waals surface area contributed by atoms with Crippen LogP contribution < -0.4 is 0 Å². The van der Waals surface area contributed by atoms with Crippen molar-refractivity contribution in [3.05, 3.63) is 57.1 Å². The van der Waals surface area contributed by atoms with Crippen LogP contribution in [-0.4, -0.2) is 28.8 Å². The van der Waals surface area contributed by atoms with E-state index in [0.29, 0.717) is 29.8 Å². The second-order valence-corrected chi connectivity index (χ2v) is 9.45. The number of hydrogen-bond donors (Lipinski definition) is 1. The maximum Gasteiger partial charge on any atom is 0.199 e. The van der Waals surface area contributed by atoms with Crippen LogP contribution in [0.4, 0.5) is 0 Å². The SMILES string of the molecule is COC(O)c1nc2nc(C3CCC(COCc4ccccc4)CC3)sc2cc1Br. The lowest BCUT2D eigenvalue weighted by Gasteiger charge is -2.27. The summed E-state index contributed by atoms with van der Waals surface area (Å²) in [5, 5.41) is 11.1. The van der Waals surface area contributed by atoms with Crippen LogP contribution in [0.25, 0.3) is 10.3 Å². The molecule has 1 N–H and O–H groups in total. The van der Waals surface area contributed by atoms with Crippen molar-refractivity contribution in [1.82, 2.24) is 9.97 Å². The minimum absolute atomic E-state index is 0.469. The molecule has 0 radical (unpaired) electrons. The third kappa shape index (κ3) is 5.03. The van der Waals surface area contributed by atoms with Crippen LogP contribution in [0.1, 0.15) is 54.2 Å². The zero-order valence-electron chi connectivity index (χ0n) is 16.4. The van der Waals surface area contributed by atoms with Crippen molar-refractivity contribution in [2.75, 3.05) is 13.7 Å². The average Bonchev–Trinajstić information content (AvgIpc) is 3.16. The van der Waals surface area contributed by atoms with E-state index < -0.39 is 6.29 Å². The van der Waals surface area contributed by atoms with E-state index in [9.17, 15) is 5.11 Å². The molecule has 1 aliphatic rings. The number of aliphatic hydroxyl groups excluding tert-OH is 1. The number of aliphatic hydroxyl groups is 1. The van der Waals surface area contributed by atoms with Gasteiger partial charge in [0.2, 0.25) is 0 Å². The predicted octanol–water partition coefficient (Wildman–Crippen LogP) is 5.58. The molecule has 7 heteroatoms. The molecule has 5 nitrogen and oxygen atoms in total. The van der Waals surface area contributed by atoms with Gasteiger partial charge in [0.25, 0.3) is 0 Å². The predicted molar refractivity (Wildman–Crippen MR) is 118 cm³/mol. The molecule has 0 aliphatic heterocycles. The monoisotopic (exact) mass is 476 g/mol. The van der Waals surface area contributed by atoms with Crippen molar-refractivity contribution in [1.29, 1.82) is 0 Å². The Morgan fingerprint density at radius 1 is 1.17 bits per heavy atom. The first-order chi connectivity index (χ1) is 14.1. The molecule has 29 heavy (non-hydrogen) atoms. The van der Waals surface area contributed by atoms with Gasteiger partial charge in [-0.05, 0) is 59.2 Å². The fraction of sp³-hybridized carbons (Fsp3) is 0.455. The van der Waals surface area contributed by atoms with Crippen LogP contribution >= 0.6 is 27.3 Å². The van der Waals surface area contributed by atoms with Gasteiger partial charge in [-0.2, -0.15) is 0 Å². The van der Waals surface area contributed by atoms with E-state index >= 15 is 0 Å². The van der Waals surface area contributed by atoms with E-state index in [4.69, 9.17) is 14.5 Å². The number of methoxy groups -OCH3 is 1. The van der Waals surface area contributed by atoms with Crippen LogP contribution in [0.3, 0.4) is 0 Å². The Morgan fingerprint density at radius 3 is 2.66 bits per heavy atom. The van der Waals surface area contributed by atoms with Gasteiger partial charge in [-0.1, -0.05) is 30.3 Å². The molecule has 3 aromatic rings. The number of hydrogen-bond acceptors (Lipinski definition) is 6. The van der Waals surface area contributed by atoms with E-state index in [-0.39, 0.29) is 0 Å². The van der Waals surface area contributed by atoms with Gasteiger partial charge < -0.3 is 14.6 Å². The van der Waals surface area contributed by atoms with E-state index in [0.717, 1.165) is 33.6 Å². The highest BCUT2D eigenvalue weighted by Gasteiger charge is 2.26. The molecule has 1 saturated carbocycles. The molecule has 0 saturated heterocycles. The molecule has 1 fully saturated rings. The van der Waals surface area contributed by atoms with E-state index in [1.165, 1.54) is 25.5 Å². The number of aromatic nitrogens is 2. The number of pyridine rings is 1. The molecule has 2 heterocycles. The number of halogens is 1. The smallest absolute Gasteiger partial charge is 0.199 e. The number of nitrogens with zero attached hydrogens (tertiary/aromatic N) is 2. The quantitative estimate of drug-likeness (QED) is 0.450.